The summed E-state index contributed by atoms with van der Waals surface area (Å²) in [6.45, 7) is 1.84. The van der Waals surface area contributed by atoms with E-state index in [0.717, 1.165) is 18.7 Å². The summed E-state index contributed by atoms with van der Waals surface area (Å²) < 4.78 is 25.8. The lowest BCUT2D eigenvalue weighted by Gasteiger charge is -2.34. The predicted octanol–water partition coefficient (Wildman–Crippen LogP) is 1.44. The van der Waals surface area contributed by atoms with Crippen LogP contribution in [0.15, 0.2) is 18.2 Å². The highest BCUT2D eigenvalue weighted by molar-refractivity contribution is 5.22. The number of benzene rings is 1. The van der Waals surface area contributed by atoms with Gasteiger partial charge in [0.25, 0.3) is 0 Å². The van der Waals surface area contributed by atoms with Gasteiger partial charge in [0.15, 0.2) is 11.6 Å². The van der Waals surface area contributed by atoms with Gasteiger partial charge in [-0.05, 0) is 24.7 Å². The molecule has 1 aliphatic heterocycles. The Bertz CT molecular complexity index is 350. The first kappa shape index (κ1) is 10.5. The van der Waals surface area contributed by atoms with Crippen molar-refractivity contribution >= 4 is 0 Å². The minimum Gasteiger partial charge on any atom is -0.316 e. The van der Waals surface area contributed by atoms with Crippen molar-refractivity contribution in [2.24, 2.45) is 5.92 Å². The number of nitrogens with one attached hydrogen (secondary N) is 2. The molecule has 1 fully saturated rings. The van der Waals surface area contributed by atoms with Gasteiger partial charge >= 0.3 is 0 Å². The summed E-state index contributed by atoms with van der Waals surface area (Å²) in [6, 6.07) is 4.19. The fourth-order valence-corrected chi connectivity index (χ4v) is 1.93. The molecule has 0 saturated carbocycles. The second kappa shape index (κ2) is 4.24. The van der Waals surface area contributed by atoms with Gasteiger partial charge in [0.1, 0.15) is 0 Å². The first-order chi connectivity index (χ1) is 7.22. The highest BCUT2D eigenvalue weighted by Crippen LogP contribution is 2.25. The van der Waals surface area contributed by atoms with Crippen LogP contribution >= 0.6 is 0 Å². The molecular weight excluding hydrogens is 198 g/mol. The van der Waals surface area contributed by atoms with E-state index in [1.54, 1.807) is 6.07 Å². The summed E-state index contributed by atoms with van der Waals surface area (Å²) in [5.74, 6) is -1.11. The molecule has 15 heavy (non-hydrogen) atoms. The molecule has 2 nitrogen and oxygen atoms in total. The van der Waals surface area contributed by atoms with Crippen molar-refractivity contribution in [1.82, 2.24) is 10.6 Å². The van der Waals surface area contributed by atoms with Crippen molar-refractivity contribution < 1.29 is 8.78 Å². The topological polar surface area (TPSA) is 24.1 Å². The van der Waals surface area contributed by atoms with E-state index >= 15 is 0 Å². The Balaban J connectivity index is 2.21. The quantitative estimate of drug-likeness (QED) is 0.792. The summed E-state index contributed by atoms with van der Waals surface area (Å²) in [7, 11) is 1.84. The Hall–Kier alpha value is -1.00. The maximum Gasteiger partial charge on any atom is 0.159 e. The van der Waals surface area contributed by atoms with Gasteiger partial charge in [-0.3, -0.25) is 0 Å². The molecule has 1 aromatic carbocycles. The van der Waals surface area contributed by atoms with Crippen LogP contribution in [0.4, 0.5) is 8.78 Å². The average molecular weight is 212 g/mol. The van der Waals surface area contributed by atoms with E-state index in [1.165, 1.54) is 12.1 Å². The lowest BCUT2D eigenvalue weighted by molar-refractivity contribution is 0.267. The van der Waals surface area contributed by atoms with Gasteiger partial charge in [0.05, 0.1) is 0 Å². The van der Waals surface area contributed by atoms with E-state index in [9.17, 15) is 8.78 Å². The van der Waals surface area contributed by atoms with E-state index < -0.39 is 11.6 Å². The second-order valence-corrected chi connectivity index (χ2v) is 3.86. The highest BCUT2D eigenvalue weighted by Gasteiger charge is 2.27. The zero-order chi connectivity index (χ0) is 10.8. The molecule has 0 amide bonds. The van der Waals surface area contributed by atoms with Gasteiger partial charge in [0, 0.05) is 25.0 Å². The van der Waals surface area contributed by atoms with Crippen molar-refractivity contribution in [3.63, 3.8) is 0 Å². The third kappa shape index (κ3) is 2.01. The van der Waals surface area contributed by atoms with Crippen molar-refractivity contribution in [2.45, 2.75) is 6.04 Å². The molecule has 0 radical (unpaired) electrons. The monoisotopic (exact) mass is 212 g/mol. The standard InChI is InChI=1S/C11H14F2N2/c1-14-11(8-5-15-6-8)7-2-3-9(12)10(13)4-7/h2-4,8,11,14-15H,5-6H2,1H3. The smallest absolute Gasteiger partial charge is 0.159 e. The molecular formula is C11H14F2N2. The largest absolute Gasteiger partial charge is 0.316 e. The average Bonchev–Trinajstić information content (AvgIpc) is 2.16. The Morgan fingerprint density at radius 2 is 2.07 bits per heavy atom. The molecule has 82 valence electrons. The molecule has 2 N–H and O–H groups in total. The fraction of sp³-hybridized carbons (Fsp3) is 0.455. The zero-order valence-corrected chi connectivity index (χ0v) is 8.56. The molecule has 1 unspecified atom stereocenters. The molecule has 1 aliphatic rings. The molecule has 1 heterocycles. The van der Waals surface area contributed by atoms with Crippen LogP contribution in [0.1, 0.15) is 11.6 Å². The summed E-state index contributed by atoms with van der Waals surface area (Å²) >= 11 is 0. The van der Waals surface area contributed by atoms with Gasteiger partial charge in [-0.15, -0.1) is 0 Å². The van der Waals surface area contributed by atoms with Crippen LogP contribution in [-0.4, -0.2) is 20.1 Å². The van der Waals surface area contributed by atoms with E-state index in [0.29, 0.717) is 5.92 Å². The maximum atomic E-state index is 13.0. The van der Waals surface area contributed by atoms with Crippen LogP contribution < -0.4 is 10.6 Å². The zero-order valence-electron chi connectivity index (χ0n) is 8.56. The van der Waals surface area contributed by atoms with E-state index in [2.05, 4.69) is 10.6 Å². The van der Waals surface area contributed by atoms with Crippen LogP contribution in [0.2, 0.25) is 0 Å². The molecule has 1 atom stereocenters. The summed E-state index contributed by atoms with van der Waals surface area (Å²) in [4.78, 5) is 0. The summed E-state index contributed by atoms with van der Waals surface area (Å²) in [6.07, 6.45) is 0. The fourth-order valence-electron chi connectivity index (χ4n) is 1.93. The minimum absolute atomic E-state index is 0.0985. The third-order valence-corrected chi connectivity index (χ3v) is 2.90. The molecule has 1 aromatic rings. The minimum atomic E-state index is -0.791. The van der Waals surface area contributed by atoms with Crippen LogP contribution in [0.25, 0.3) is 0 Å². The Morgan fingerprint density at radius 3 is 2.53 bits per heavy atom. The van der Waals surface area contributed by atoms with Crippen LogP contribution in [-0.2, 0) is 0 Å². The number of hydrogen-bond donors (Lipinski definition) is 2. The molecule has 0 spiro atoms. The Morgan fingerprint density at radius 1 is 1.33 bits per heavy atom. The second-order valence-electron chi connectivity index (χ2n) is 3.86. The SMILES string of the molecule is CNC(c1ccc(F)c(F)c1)C1CNC1. The van der Waals surface area contributed by atoms with E-state index in [4.69, 9.17) is 0 Å². The normalized spacial score (nSPS) is 18.6. The molecule has 0 aromatic heterocycles. The third-order valence-electron chi connectivity index (χ3n) is 2.90. The van der Waals surface area contributed by atoms with Gasteiger partial charge in [0.2, 0.25) is 0 Å². The Labute approximate surface area is 87.7 Å². The van der Waals surface area contributed by atoms with Gasteiger partial charge in [-0.1, -0.05) is 6.07 Å². The van der Waals surface area contributed by atoms with E-state index in [-0.39, 0.29) is 6.04 Å². The lowest BCUT2D eigenvalue weighted by Crippen LogP contribution is -2.48. The molecule has 1 saturated heterocycles. The maximum absolute atomic E-state index is 13.0. The van der Waals surface area contributed by atoms with Gasteiger partial charge in [-0.25, -0.2) is 8.78 Å². The van der Waals surface area contributed by atoms with Crippen LogP contribution in [0.5, 0.6) is 0 Å². The summed E-state index contributed by atoms with van der Waals surface area (Å²) in [5, 5.41) is 6.30. The van der Waals surface area contributed by atoms with Crippen molar-refractivity contribution in [3.8, 4) is 0 Å². The van der Waals surface area contributed by atoms with Crippen LogP contribution in [0, 0.1) is 17.6 Å². The number of halogens is 2. The van der Waals surface area contributed by atoms with Gasteiger partial charge < -0.3 is 10.6 Å². The van der Waals surface area contributed by atoms with E-state index in [1.807, 2.05) is 7.05 Å². The van der Waals surface area contributed by atoms with Crippen molar-refractivity contribution in [1.29, 1.82) is 0 Å². The first-order valence-corrected chi connectivity index (χ1v) is 5.05. The van der Waals surface area contributed by atoms with Crippen molar-refractivity contribution in [2.75, 3.05) is 20.1 Å². The molecule has 0 bridgehead atoms. The van der Waals surface area contributed by atoms with Crippen LogP contribution in [0.3, 0.4) is 0 Å². The molecule has 2 rings (SSSR count). The van der Waals surface area contributed by atoms with Crippen molar-refractivity contribution in [3.05, 3.63) is 35.4 Å². The highest BCUT2D eigenvalue weighted by atomic mass is 19.2. The first-order valence-electron chi connectivity index (χ1n) is 5.05. The molecule has 0 aliphatic carbocycles. The predicted molar refractivity (Wildman–Crippen MR) is 54.5 cm³/mol. The number of hydrogen-bond acceptors (Lipinski definition) is 2. The molecule has 4 heteroatoms. The Kier molecular flexibility index (Phi) is 2.98. The summed E-state index contributed by atoms with van der Waals surface area (Å²) in [5.41, 5.74) is 0.808. The number of rotatable bonds is 3. The lowest BCUT2D eigenvalue weighted by atomic mass is 9.88. The van der Waals surface area contributed by atoms with Gasteiger partial charge in [-0.2, -0.15) is 0 Å².